The summed E-state index contributed by atoms with van der Waals surface area (Å²) in [5, 5.41) is 71.7. The first kappa shape index (κ1) is 53.4. The molecule has 0 saturated carbocycles. The molecule has 0 aliphatic carbocycles. The summed E-state index contributed by atoms with van der Waals surface area (Å²) >= 11 is 0. The van der Waals surface area contributed by atoms with Crippen molar-refractivity contribution in [3.05, 3.63) is 12.2 Å². The molecule has 346 valence electrons. The number of carbonyl (C=O) groups is 2. The van der Waals surface area contributed by atoms with Gasteiger partial charge < -0.3 is 64.2 Å². The van der Waals surface area contributed by atoms with Crippen molar-refractivity contribution in [2.75, 3.05) is 26.4 Å². The topological polar surface area (TPSA) is 231 Å². The molecule has 4 unspecified atom stereocenters. The normalized spacial score (nSPS) is 27.9. The summed E-state index contributed by atoms with van der Waals surface area (Å²) in [6.07, 6.45) is 11.2. The first-order valence-electron chi connectivity index (χ1n) is 22.8. The van der Waals surface area contributed by atoms with E-state index in [9.17, 15) is 45.3 Å². The van der Waals surface area contributed by atoms with Gasteiger partial charge in [0.05, 0.1) is 19.8 Å². The molecular formula is C44H80O15. The molecule has 0 spiro atoms. The van der Waals surface area contributed by atoms with Crippen LogP contribution in [0.15, 0.2) is 12.2 Å². The molecule has 2 rings (SSSR count). The summed E-state index contributed by atoms with van der Waals surface area (Å²) in [6, 6.07) is 0. The van der Waals surface area contributed by atoms with Gasteiger partial charge in [-0.1, -0.05) is 122 Å². The largest absolute Gasteiger partial charge is 0.462 e. The van der Waals surface area contributed by atoms with Crippen molar-refractivity contribution in [2.45, 2.75) is 229 Å². The number of hydrogen-bond donors (Lipinski definition) is 7. The van der Waals surface area contributed by atoms with E-state index in [0.29, 0.717) is 12.8 Å². The minimum atomic E-state index is -1.76. The third-order valence-corrected chi connectivity index (χ3v) is 11.0. The standard InChI is InChI=1S/C44H80O15/c1-3-5-7-9-11-13-14-15-16-17-19-20-22-24-26-35(46)54-29-32(57-36(47)27-25-23-21-18-12-10-8-6-4-2)30-55-43-42(53)40(51)38(49)34(59-43)31-56-44-41(52)39(50)37(48)33(28-45)58-44/h14-15,32-34,37-45,48-53H,3-13,16-31H2,1-2H3/b15-14+/t32-,33-,34-,37+,38+,39?,40?,41?,42?,43-,44-/m1/s1. The number of rotatable bonds is 34. The summed E-state index contributed by atoms with van der Waals surface area (Å²) < 4.78 is 33.4. The highest BCUT2D eigenvalue weighted by Gasteiger charge is 2.47. The molecule has 2 aliphatic rings. The molecule has 0 aromatic heterocycles. The molecule has 2 saturated heterocycles. The van der Waals surface area contributed by atoms with E-state index < -0.39 is 92.7 Å². The van der Waals surface area contributed by atoms with Crippen molar-refractivity contribution >= 4 is 11.9 Å². The second-order valence-electron chi connectivity index (χ2n) is 16.2. The molecule has 0 aromatic carbocycles. The van der Waals surface area contributed by atoms with Gasteiger partial charge in [0.25, 0.3) is 0 Å². The van der Waals surface area contributed by atoms with E-state index in [1.165, 1.54) is 64.2 Å². The van der Waals surface area contributed by atoms with Crippen molar-refractivity contribution in [3.8, 4) is 0 Å². The van der Waals surface area contributed by atoms with Crippen LogP contribution >= 0.6 is 0 Å². The lowest BCUT2D eigenvalue weighted by atomic mass is 9.98. The van der Waals surface area contributed by atoms with Gasteiger partial charge in [0.15, 0.2) is 18.7 Å². The van der Waals surface area contributed by atoms with Crippen LogP contribution in [0.2, 0.25) is 0 Å². The lowest BCUT2D eigenvalue weighted by Gasteiger charge is -2.42. The van der Waals surface area contributed by atoms with Crippen LogP contribution in [0.25, 0.3) is 0 Å². The predicted molar refractivity (Wildman–Crippen MR) is 220 cm³/mol. The molecule has 2 heterocycles. The molecule has 11 atom stereocenters. The lowest BCUT2D eigenvalue weighted by molar-refractivity contribution is -0.332. The molecular weight excluding hydrogens is 768 g/mol. The summed E-state index contributed by atoms with van der Waals surface area (Å²) in [5.74, 6) is -0.935. The zero-order valence-electron chi connectivity index (χ0n) is 36.0. The van der Waals surface area contributed by atoms with Crippen LogP contribution in [0.3, 0.4) is 0 Å². The number of aliphatic hydroxyl groups excluding tert-OH is 7. The smallest absolute Gasteiger partial charge is 0.306 e. The minimum Gasteiger partial charge on any atom is -0.462 e. The lowest BCUT2D eigenvalue weighted by Crippen LogP contribution is -2.61. The molecule has 15 nitrogen and oxygen atoms in total. The van der Waals surface area contributed by atoms with Crippen LogP contribution in [0, 0.1) is 0 Å². The molecule has 0 bridgehead atoms. The van der Waals surface area contributed by atoms with E-state index >= 15 is 0 Å². The number of unbranched alkanes of at least 4 members (excludes halogenated alkanes) is 18. The molecule has 7 N–H and O–H groups in total. The van der Waals surface area contributed by atoms with Crippen molar-refractivity contribution < 1.29 is 73.8 Å². The Balaban J connectivity index is 1.85. The average molecular weight is 849 g/mol. The van der Waals surface area contributed by atoms with E-state index in [1.807, 2.05) is 0 Å². The number of hydrogen-bond acceptors (Lipinski definition) is 15. The third kappa shape index (κ3) is 22.2. The van der Waals surface area contributed by atoms with Gasteiger partial charge in [-0.25, -0.2) is 0 Å². The highest BCUT2D eigenvalue weighted by molar-refractivity contribution is 5.70. The molecule has 2 fully saturated rings. The fraction of sp³-hybridized carbons (Fsp3) is 0.909. The van der Waals surface area contributed by atoms with Gasteiger partial charge in [-0.3, -0.25) is 9.59 Å². The van der Waals surface area contributed by atoms with Crippen LogP contribution in [0.5, 0.6) is 0 Å². The summed E-state index contributed by atoms with van der Waals surface area (Å²) in [7, 11) is 0. The number of ether oxygens (including phenoxy) is 6. The Morgan fingerprint density at radius 3 is 1.49 bits per heavy atom. The van der Waals surface area contributed by atoms with Gasteiger partial charge >= 0.3 is 11.9 Å². The maximum Gasteiger partial charge on any atom is 0.306 e. The van der Waals surface area contributed by atoms with Crippen LogP contribution in [-0.4, -0.2) is 142 Å². The Morgan fingerprint density at radius 2 is 0.966 bits per heavy atom. The van der Waals surface area contributed by atoms with Gasteiger partial charge in [0.2, 0.25) is 0 Å². The zero-order chi connectivity index (χ0) is 43.3. The summed E-state index contributed by atoms with van der Waals surface area (Å²) in [6.45, 7) is 2.53. The summed E-state index contributed by atoms with van der Waals surface area (Å²) in [4.78, 5) is 25.5. The van der Waals surface area contributed by atoms with E-state index in [0.717, 1.165) is 57.8 Å². The highest BCUT2D eigenvalue weighted by atomic mass is 16.7. The minimum absolute atomic E-state index is 0.167. The molecule has 15 heteroatoms. The molecule has 0 aromatic rings. The second-order valence-corrected chi connectivity index (χ2v) is 16.2. The first-order chi connectivity index (χ1) is 28.5. The molecule has 0 amide bonds. The SMILES string of the molecule is CCCCCCC/C=C/CCCCCCCC(=O)OC[C@H](CO[C@@H]1O[C@H](CO[C@@H]2O[C@H](CO)[C@H](O)C(O)C2O)[C@H](O)C(O)C1O)OC(=O)CCCCCCCCCCC. The maximum absolute atomic E-state index is 12.9. The Bertz CT molecular complexity index is 1090. The number of esters is 2. The molecule has 59 heavy (non-hydrogen) atoms. The van der Waals surface area contributed by atoms with Crippen LogP contribution in [-0.2, 0) is 38.0 Å². The monoisotopic (exact) mass is 849 g/mol. The quantitative estimate of drug-likeness (QED) is 0.0266. The highest BCUT2D eigenvalue weighted by Crippen LogP contribution is 2.26. The Morgan fingerprint density at radius 1 is 0.525 bits per heavy atom. The fourth-order valence-electron chi connectivity index (χ4n) is 7.15. The number of aliphatic hydroxyl groups is 7. The maximum atomic E-state index is 12.9. The molecule has 0 radical (unpaired) electrons. The van der Waals surface area contributed by atoms with Gasteiger partial charge in [0, 0.05) is 12.8 Å². The van der Waals surface area contributed by atoms with Gasteiger partial charge in [-0.15, -0.1) is 0 Å². The van der Waals surface area contributed by atoms with Gasteiger partial charge in [-0.05, 0) is 38.5 Å². The van der Waals surface area contributed by atoms with Crippen LogP contribution in [0.1, 0.15) is 162 Å². The fourth-order valence-corrected chi connectivity index (χ4v) is 7.15. The van der Waals surface area contributed by atoms with Crippen molar-refractivity contribution in [3.63, 3.8) is 0 Å². The van der Waals surface area contributed by atoms with E-state index in [4.69, 9.17) is 28.4 Å². The number of carbonyl (C=O) groups excluding carboxylic acids is 2. The Kier molecular flexibility index (Phi) is 29.8. The molecule has 2 aliphatic heterocycles. The first-order valence-corrected chi connectivity index (χ1v) is 22.8. The van der Waals surface area contributed by atoms with Crippen LogP contribution < -0.4 is 0 Å². The Hall–Kier alpha value is -1.76. The van der Waals surface area contributed by atoms with Gasteiger partial charge in [-0.2, -0.15) is 0 Å². The van der Waals surface area contributed by atoms with Crippen molar-refractivity contribution in [1.82, 2.24) is 0 Å². The van der Waals surface area contributed by atoms with E-state index in [2.05, 4.69) is 26.0 Å². The van der Waals surface area contributed by atoms with E-state index in [1.54, 1.807) is 0 Å². The third-order valence-electron chi connectivity index (χ3n) is 11.0. The summed E-state index contributed by atoms with van der Waals surface area (Å²) in [5.41, 5.74) is 0. The Labute approximate surface area is 352 Å². The zero-order valence-corrected chi connectivity index (χ0v) is 36.0. The predicted octanol–water partition coefficient (Wildman–Crippen LogP) is 4.65. The van der Waals surface area contributed by atoms with E-state index in [-0.39, 0.29) is 26.1 Å². The second kappa shape index (κ2) is 32.9. The van der Waals surface area contributed by atoms with Crippen molar-refractivity contribution in [2.24, 2.45) is 0 Å². The number of allylic oxidation sites excluding steroid dienone is 2. The van der Waals surface area contributed by atoms with Crippen molar-refractivity contribution in [1.29, 1.82) is 0 Å². The van der Waals surface area contributed by atoms with Gasteiger partial charge in [0.1, 0.15) is 55.4 Å². The average Bonchev–Trinajstić information content (AvgIpc) is 3.23. The van der Waals surface area contributed by atoms with Crippen LogP contribution in [0.4, 0.5) is 0 Å².